The maximum absolute atomic E-state index is 13.0. The molecule has 2 N–H and O–H groups in total. The highest BCUT2D eigenvalue weighted by Gasteiger charge is 2.17. The molecule has 0 aliphatic rings. The molecular formula is C16H17FN6O2. The number of rotatable bonds is 5. The third-order valence-corrected chi connectivity index (χ3v) is 3.82. The number of nitrogens with zero attached hydrogens (tertiary/aromatic N) is 4. The first-order chi connectivity index (χ1) is 12.0. The average molecular weight is 344 g/mol. The van der Waals surface area contributed by atoms with Gasteiger partial charge >= 0.3 is 0 Å². The molecule has 3 aromatic rings. The lowest BCUT2D eigenvalue weighted by Gasteiger charge is -2.10. The molecular weight excluding hydrogens is 327 g/mol. The molecule has 0 saturated heterocycles. The molecule has 1 atom stereocenters. The second kappa shape index (κ2) is 6.80. The van der Waals surface area contributed by atoms with Crippen LogP contribution in [0.2, 0.25) is 0 Å². The number of aromatic amines is 1. The highest BCUT2D eigenvalue weighted by Crippen LogP contribution is 2.09. The Labute approximate surface area is 142 Å². The number of H-pyrrole nitrogens is 1. The Bertz CT molecular complexity index is 963. The van der Waals surface area contributed by atoms with Crippen molar-refractivity contribution in [3.8, 4) is 0 Å². The molecule has 1 amide bonds. The maximum Gasteiger partial charge on any atom is 0.287 e. The van der Waals surface area contributed by atoms with Crippen LogP contribution in [0.3, 0.4) is 0 Å². The summed E-state index contributed by atoms with van der Waals surface area (Å²) in [6, 6.07) is 5.83. The fraction of sp³-hybridized carbons (Fsp3) is 0.312. The van der Waals surface area contributed by atoms with E-state index in [1.807, 2.05) is 13.8 Å². The first-order valence-electron chi connectivity index (χ1n) is 7.86. The number of nitrogens with one attached hydrogen (secondary N) is 2. The van der Waals surface area contributed by atoms with Crippen LogP contribution in [0.15, 0.2) is 29.1 Å². The first kappa shape index (κ1) is 16.7. The predicted octanol–water partition coefficient (Wildman–Crippen LogP) is 1.23. The van der Waals surface area contributed by atoms with Crippen LogP contribution in [0.4, 0.5) is 4.39 Å². The van der Waals surface area contributed by atoms with Gasteiger partial charge in [-0.25, -0.2) is 14.1 Å². The highest BCUT2D eigenvalue weighted by atomic mass is 19.1. The Morgan fingerprint density at radius 2 is 2.08 bits per heavy atom. The zero-order valence-corrected chi connectivity index (χ0v) is 13.8. The molecule has 0 aliphatic carbocycles. The van der Waals surface area contributed by atoms with E-state index in [9.17, 15) is 14.0 Å². The number of hydrogen-bond donors (Lipinski definition) is 2. The molecule has 9 heteroatoms. The second-order valence-electron chi connectivity index (χ2n) is 5.74. The van der Waals surface area contributed by atoms with Gasteiger partial charge in [0.15, 0.2) is 11.2 Å². The molecule has 2 aromatic heterocycles. The summed E-state index contributed by atoms with van der Waals surface area (Å²) in [4.78, 5) is 30.9. The number of carbonyl (C=O) groups excluding carboxylic acids is 1. The zero-order chi connectivity index (χ0) is 18.0. The third-order valence-electron chi connectivity index (χ3n) is 3.82. The van der Waals surface area contributed by atoms with Crippen LogP contribution in [0, 0.1) is 5.82 Å². The molecule has 0 unspecified atom stereocenters. The van der Waals surface area contributed by atoms with E-state index in [4.69, 9.17) is 0 Å². The fourth-order valence-corrected chi connectivity index (χ4v) is 2.24. The maximum atomic E-state index is 13.0. The van der Waals surface area contributed by atoms with Crippen molar-refractivity contribution in [1.29, 1.82) is 0 Å². The van der Waals surface area contributed by atoms with Gasteiger partial charge < -0.3 is 10.3 Å². The van der Waals surface area contributed by atoms with Gasteiger partial charge in [-0.3, -0.25) is 9.59 Å². The molecule has 1 aromatic carbocycles. The van der Waals surface area contributed by atoms with Crippen molar-refractivity contribution in [3.63, 3.8) is 0 Å². The Kier molecular flexibility index (Phi) is 4.55. The van der Waals surface area contributed by atoms with Crippen LogP contribution >= 0.6 is 0 Å². The van der Waals surface area contributed by atoms with E-state index in [0.29, 0.717) is 0 Å². The number of benzene rings is 1. The number of hydrogen-bond acceptors (Lipinski definition) is 5. The summed E-state index contributed by atoms with van der Waals surface area (Å²) in [5, 5.41) is 10.5. The van der Waals surface area contributed by atoms with E-state index in [1.165, 1.54) is 16.8 Å². The van der Waals surface area contributed by atoms with E-state index in [2.05, 4.69) is 25.6 Å². The normalized spacial score (nSPS) is 12.3. The van der Waals surface area contributed by atoms with Gasteiger partial charge in [0.2, 0.25) is 5.82 Å². The van der Waals surface area contributed by atoms with Crippen LogP contribution in [0.1, 0.15) is 36.5 Å². The second-order valence-corrected chi connectivity index (χ2v) is 5.74. The van der Waals surface area contributed by atoms with E-state index in [1.54, 1.807) is 12.1 Å². The van der Waals surface area contributed by atoms with Crippen LogP contribution in [-0.2, 0) is 6.54 Å². The Morgan fingerprint density at radius 1 is 1.36 bits per heavy atom. The summed E-state index contributed by atoms with van der Waals surface area (Å²) in [6.45, 7) is 4.04. The number of carbonyl (C=O) groups is 1. The van der Waals surface area contributed by atoms with E-state index in [0.717, 1.165) is 12.0 Å². The molecule has 8 nitrogen and oxygen atoms in total. The third kappa shape index (κ3) is 3.54. The van der Waals surface area contributed by atoms with Crippen molar-refractivity contribution in [3.05, 3.63) is 51.8 Å². The lowest BCUT2D eigenvalue weighted by atomic mass is 10.2. The number of amides is 1. The summed E-state index contributed by atoms with van der Waals surface area (Å²) < 4.78 is 14.4. The van der Waals surface area contributed by atoms with Gasteiger partial charge in [0, 0.05) is 6.04 Å². The van der Waals surface area contributed by atoms with E-state index < -0.39 is 11.5 Å². The summed E-state index contributed by atoms with van der Waals surface area (Å²) in [5.74, 6) is -0.908. The minimum atomic E-state index is -0.537. The summed E-state index contributed by atoms with van der Waals surface area (Å²) in [7, 11) is 0. The molecule has 0 bridgehead atoms. The summed E-state index contributed by atoms with van der Waals surface area (Å²) >= 11 is 0. The Balaban J connectivity index is 1.96. The van der Waals surface area contributed by atoms with Gasteiger partial charge in [-0.15, -0.1) is 5.10 Å². The van der Waals surface area contributed by atoms with Gasteiger partial charge in [0.25, 0.3) is 11.5 Å². The summed E-state index contributed by atoms with van der Waals surface area (Å²) in [5.41, 5.74) is 0.468. The summed E-state index contributed by atoms with van der Waals surface area (Å²) in [6.07, 6.45) is 0.752. The van der Waals surface area contributed by atoms with Crippen molar-refractivity contribution in [2.75, 3.05) is 0 Å². The predicted molar refractivity (Wildman–Crippen MR) is 88.7 cm³/mol. The number of fused-ring (bicyclic) bond motifs is 1. The number of halogens is 1. The largest absolute Gasteiger partial charge is 0.347 e. The fourth-order valence-electron chi connectivity index (χ4n) is 2.24. The molecule has 0 radical (unpaired) electrons. The van der Waals surface area contributed by atoms with Crippen LogP contribution in [0.25, 0.3) is 11.2 Å². The van der Waals surface area contributed by atoms with Crippen molar-refractivity contribution in [1.82, 2.24) is 30.3 Å². The highest BCUT2D eigenvalue weighted by molar-refractivity contribution is 5.91. The lowest BCUT2D eigenvalue weighted by Crippen LogP contribution is -2.34. The smallest absolute Gasteiger partial charge is 0.287 e. The van der Waals surface area contributed by atoms with Crippen LogP contribution in [0.5, 0.6) is 0 Å². The molecule has 0 saturated carbocycles. The van der Waals surface area contributed by atoms with E-state index in [-0.39, 0.29) is 35.4 Å². The minimum Gasteiger partial charge on any atom is -0.347 e. The average Bonchev–Trinajstić information content (AvgIpc) is 3.00. The molecule has 25 heavy (non-hydrogen) atoms. The van der Waals surface area contributed by atoms with Gasteiger partial charge in [-0.2, -0.15) is 0 Å². The Morgan fingerprint density at radius 3 is 2.76 bits per heavy atom. The van der Waals surface area contributed by atoms with E-state index >= 15 is 0 Å². The van der Waals surface area contributed by atoms with Crippen LogP contribution < -0.4 is 10.9 Å². The SMILES string of the molecule is CC[C@@H](C)NC(=O)c1nc2c(nnn2Cc2ccc(F)cc2)c(=O)[nH]1. The van der Waals surface area contributed by atoms with Crippen molar-refractivity contribution in [2.24, 2.45) is 0 Å². The molecule has 2 heterocycles. The lowest BCUT2D eigenvalue weighted by molar-refractivity contribution is 0.0928. The standard InChI is InChI=1S/C16H17FN6O2/c1-3-9(2)18-16(25)13-19-14-12(15(24)20-13)21-22-23(14)8-10-4-6-11(17)7-5-10/h4-7,9H,3,8H2,1-2H3,(H,18,25)(H,19,20,24)/t9-/m1/s1. The van der Waals surface area contributed by atoms with Crippen LogP contribution in [-0.4, -0.2) is 36.9 Å². The monoisotopic (exact) mass is 344 g/mol. The first-order valence-corrected chi connectivity index (χ1v) is 7.86. The molecule has 0 spiro atoms. The Hall–Kier alpha value is -3.10. The topological polar surface area (TPSA) is 106 Å². The van der Waals surface area contributed by atoms with Crippen molar-refractivity contribution >= 4 is 17.1 Å². The molecule has 0 aliphatic heterocycles. The minimum absolute atomic E-state index is 0.0437. The van der Waals surface area contributed by atoms with Crippen molar-refractivity contribution < 1.29 is 9.18 Å². The van der Waals surface area contributed by atoms with Gasteiger partial charge in [-0.1, -0.05) is 24.3 Å². The molecule has 3 rings (SSSR count). The van der Waals surface area contributed by atoms with Gasteiger partial charge in [0.1, 0.15) is 5.82 Å². The number of aromatic nitrogens is 5. The quantitative estimate of drug-likeness (QED) is 0.724. The molecule has 0 fully saturated rings. The molecule has 130 valence electrons. The zero-order valence-electron chi connectivity index (χ0n) is 13.8. The van der Waals surface area contributed by atoms with Gasteiger partial charge in [0.05, 0.1) is 6.54 Å². The van der Waals surface area contributed by atoms with Crippen molar-refractivity contribution in [2.45, 2.75) is 32.9 Å². The van der Waals surface area contributed by atoms with Gasteiger partial charge in [-0.05, 0) is 31.0 Å².